The molecule has 2 aromatic rings. The molecule has 0 saturated carbocycles. The number of nitrogens with one attached hydrogen (secondary N) is 1. The summed E-state index contributed by atoms with van der Waals surface area (Å²) in [5.74, 6) is 0.473. The van der Waals surface area contributed by atoms with E-state index in [0.717, 1.165) is 5.56 Å². The third-order valence-corrected chi connectivity index (χ3v) is 3.04. The molecular formula is C14H13NO2S. The van der Waals surface area contributed by atoms with Crippen LogP contribution in [0.1, 0.15) is 5.56 Å². The van der Waals surface area contributed by atoms with Crippen LogP contribution < -0.4 is 10.1 Å². The fraction of sp³-hybridized carbons (Fsp3) is 0.0714. The van der Waals surface area contributed by atoms with Crippen LogP contribution >= 0.6 is 11.3 Å². The molecule has 0 aliphatic heterocycles. The van der Waals surface area contributed by atoms with Gasteiger partial charge in [-0.05, 0) is 40.6 Å². The molecule has 0 bridgehead atoms. The lowest BCUT2D eigenvalue weighted by Gasteiger charge is -2.07. The second-order valence-electron chi connectivity index (χ2n) is 3.58. The van der Waals surface area contributed by atoms with Crippen molar-refractivity contribution in [1.29, 1.82) is 0 Å². The Morgan fingerprint density at radius 2 is 2.17 bits per heavy atom. The zero-order valence-electron chi connectivity index (χ0n) is 9.92. The van der Waals surface area contributed by atoms with Crippen LogP contribution in [0.15, 0.2) is 47.2 Å². The average molecular weight is 259 g/mol. The van der Waals surface area contributed by atoms with E-state index in [0.29, 0.717) is 11.4 Å². The second-order valence-corrected chi connectivity index (χ2v) is 4.36. The van der Waals surface area contributed by atoms with Gasteiger partial charge in [-0.3, -0.25) is 4.79 Å². The van der Waals surface area contributed by atoms with Crippen LogP contribution in [-0.2, 0) is 4.79 Å². The predicted octanol–water partition coefficient (Wildman–Crippen LogP) is 3.41. The van der Waals surface area contributed by atoms with Gasteiger partial charge in [-0.2, -0.15) is 11.3 Å². The highest BCUT2D eigenvalue weighted by molar-refractivity contribution is 7.08. The van der Waals surface area contributed by atoms with E-state index in [1.54, 1.807) is 36.7 Å². The summed E-state index contributed by atoms with van der Waals surface area (Å²) in [5, 5.41) is 6.73. The van der Waals surface area contributed by atoms with E-state index in [2.05, 4.69) is 5.32 Å². The lowest BCUT2D eigenvalue weighted by atomic mass is 10.2. The Kier molecular flexibility index (Phi) is 4.15. The maximum absolute atomic E-state index is 11.7. The van der Waals surface area contributed by atoms with Gasteiger partial charge in [0, 0.05) is 6.08 Å². The van der Waals surface area contributed by atoms with Crippen molar-refractivity contribution >= 4 is 29.0 Å². The van der Waals surface area contributed by atoms with E-state index < -0.39 is 0 Å². The Balaban J connectivity index is 2.03. The monoisotopic (exact) mass is 259 g/mol. The molecule has 18 heavy (non-hydrogen) atoms. The van der Waals surface area contributed by atoms with E-state index in [9.17, 15) is 4.79 Å². The van der Waals surface area contributed by atoms with Crippen molar-refractivity contribution in [3.63, 3.8) is 0 Å². The van der Waals surface area contributed by atoms with Gasteiger partial charge in [0.05, 0.1) is 12.8 Å². The Morgan fingerprint density at radius 3 is 2.89 bits per heavy atom. The molecule has 1 N–H and O–H groups in total. The summed E-state index contributed by atoms with van der Waals surface area (Å²) in [6.45, 7) is 0. The minimum Gasteiger partial charge on any atom is -0.495 e. The Labute approximate surface area is 110 Å². The van der Waals surface area contributed by atoms with Gasteiger partial charge < -0.3 is 10.1 Å². The number of hydrogen-bond acceptors (Lipinski definition) is 3. The van der Waals surface area contributed by atoms with Crippen molar-refractivity contribution in [1.82, 2.24) is 0 Å². The molecule has 0 atom stereocenters. The second kappa shape index (κ2) is 6.02. The van der Waals surface area contributed by atoms with Crippen molar-refractivity contribution in [2.75, 3.05) is 12.4 Å². The van der Waals surface area contributed by atoms with Gasteiger partial charge in [0.25, 0.3) is 0 Å². The highest BCUT2D eigenvalue weighted by Gasteiger charge is 2.03. The predicted molar refractivity (Wildman–Crippen MR) is 75.0 cm³/mol. The van der Waals surface area contributed by atoms with E-state index in [1.165, 1.54) is 6.08 Å². The van der Waals surface area contributed by atoms with Crippen molar-refractivity contribution < 1.29 is 9.53 Å². The average Bonchev–Trinajstić information content (AvgIpc) is 2.90. The Hall–Kier alpha value is -2.07. The topological polar surface area (TPSA) is 38.3 Å². The molecule has 0 radical (unpaired) electrons. The van der Waals surface area contributed by atoms with Crippen LogP contribution in [-0.4, -0.2) is 13.0 Å². The molecule has 0 spiro atoms. The third kappa shape index (κ3) is 3.21. The van der Waals surface area contributed by atoms with Crippen LogP contribution in [0, 0.1) is 0 Å². The van der Waals surface area contributed by atoms with E-state index >= 15 is 0 Å². The molecule has 0 aliphatic carbocycles. The van der Waals surface area contributed by atoms with Crippen LogP contribution in [0.2, 0.25) is 0 Å². The molecule has 3 nitrogen and oxygen atoms in total. The van der Waals surface area contributed by atoms with Gasteiger partial charge in [-0.25, -0.2) is 0 Å². The quantitative estimate of drug-likeness (QED) is 0.854. The number of thiophene rings is 1. The first-order valence-corrected chi connectivity index (χ1v) is 6.38. The van der Waals surface area contributed by atoms with E-state index in [1.807, 2.05) is 29.0 Å². The van der Waals surface area contributed by atoms with Gasteiger partial charge in [0.2, 0.25) is 5.91 Å². The van der Waals surface area contributed by atoms with Gasteiger partial charge in [-0.1, -0.05) is 12.1 Å². The molecule has 0 aliphatic rings. The van der Waals surface area contributed by atoms with Crippen molar-refractivity contribution in [2.24, 2.45) is 0 Å². The fourth-order valence-electron chi connectivity index (χ4n) is 1.46. The number of methoxy groups -OCH3 is 1. The SMILES string of the molecule is COc1ccccc1NC(=O)C=Cc1ccsc1. The first-order chi connectivity index (χ1) is 8.79. The van der Waals surface area contributed by atoms with Crippen LogP contribution in [0.4, 0.5) is 5.69 Å². The van der Waals surface area contributed by atoms with Crippen molar-refractivity contribution in [2.45, 2.75) is 0 Å². The van der Waals surface area contributed by atoms with Crippen molar-refractivity contribution in [3.05, 3.63) is 52.7 Å². The number of hydrogen-bond donors (Lipinski definition) is 1. The standard InChI is InChI=1S/C14H13NO2S/c1-17-13-5-3-2-4-12(13)15-14(16)7-6-11-8-9-18-10-11/h2-10H,1H3,(H,15,16). The molecule has 1 aromatic carbocycles. The van der Waals surface area contributed by atoms with Crippen LogP contribution in [0.5, 0.6) is 5.75 Å². The molecule has 0 fully saturated rings. The number of anilines is 1. The summed E-state index contributed by atoms with van der Waals surface area (Å²) in [5.41, 5.74) is 1.69. The maximum Gasteiger partial charge on any atom is 0.248 e. The number of amides is 1. The normalized spacial score (nSPS) is 10.5. The van der Waals surface area contributed by atoms with E-state index in [-0.39, 0.29) is 5.91 Å². The van der Waals surface area contributed by atoms with Crippen molar-refractivity contribution in [3.8, 4) is 5.75 Å². The zero-order valence-corrected chi connectivity index (χ0v) is 10.7. The number of para-hydroxylation sites is 2. The highest BCUT2D eigenvalue weighted by Crippen LogP contribution is 2.22. The molecule has 0 saturated heterocycles. The van der Waals surface area contributed by atoms with Gasteiger partial charge in [-0.15, -0.1) is 0 Å². The van der Waals surface area contributed by atoms with E-state index in [4.69, 9.17) is 4.74 Å². The number of carbonyl (C=O) groups is 1. The van der Waals surface area contributed by atoms with Gasteiger partial charge >= 0.3 is 0 Å². The molecule has 1 aromatic heterocycles. The highest BCUT2D eigenvalue weighted by atomic mass is 32.1. The van der Waals surface area contributed by atoms with Crippen LogP contribution in [0.3, 0.4) is 0 Å². The van der Waals surface area contributed by atoms with Crippen LogP contribution in [0.25, 0.3) is 6.08 Å². The van der Waals surface area contributed by atoms with Gasteiger partial charge in [0.15, 0.2) is 0 Å². The summed E-state index contributed by atoms with van der Waals surface area (Å²) >= 11 is 1.60. The molecule has 1 amide bonds. The number of benzene rings is 1. The minimum atomic E-state index is -0.175. The molecule has 2 rings (SSSR count). The summed E-state index contributed by atoms with van der Waals surface area (Å²) in [6, 6.07) is 9.27. The smallest absolute Gasteiger partial charge is 0.248 e. The zero-order chi connectivity index (χ0) is 12.8. The summed E-state index contributed by atoms with van der Waals surface area (Å²) in [7, 11) is 1.58. The maximum atomic E-state index is 11.7. The third-order valence-electron chi connectivity index (χ3n) is 2.34. The minimum absolute atomic E-state index is 0.175. The molecule has 1 heterocycles. The number of rotatable bonds is 4. The summed E-state index contributed by atoms with van der Waals surface area (Å²) in [6.07, 6.45) is 3.29. The summed E-state index contributed by atoms with van der Waals surface area (Å²) < 4.78 is 5.16. The largest absolute Gasteiger partial charge is 0.495 e. The molecule has 0 unspecified atom stereocenters. The first kappa shape index (κ1) is 12.4. The summed E-state index contributed by atoms with van der Waals surface area (Å²) in [4.78, 5) is 11.7. The lowest BCUT2D eigenvalue weighted by molar-refractivity contribution is -0.111. The van der Waals surface area contributed by atoms with Gasteiger partial charge in [0.1, 0.15) is 5.75 Å². The lowest BCUT2D eigenvalue weighted by Crippen LogP contribution is -2.08. The number of carbonyl (C=O) groups excluding carboxylic acids is 1. The fourth-order valence-corrected chi connectivity index (χ4v) is 2.09. The Morgan fingerprint density at radius 1 is 1.33 bits per heavy atom. The number of ether oxygens (including phenoxy) is 1. The molecule has 4 heteroatoms. The Bertz CT molecular complexity index is 547. The first-order valence-electron chi connectivity index (χ1n) is 5.44. The molecular weight excluding hydrogens is 246 g/mol. The molecule has 92 valence electrons.